The Labute approximate surface area is 162 Å². The smallest absolute Gasteiger partial charge is 0.349 e. The van der Waals surface area contributed by atoms with Gasteiger partial charge in [0.25, 0.3) is 0 Å². The zero-order valence-corrected chi connectivity index (χ0v) is 15.2. The molecule has 5 heteroatoms. The van der Waals surface area contributed by atoms with Crippen LogP contribution in [0.3, 0.4) is 0 Å². The molecule has 0 amide bonds. The summed E-state index contributed by atoms with van der Waals surface area (Å²) in [4.78, 5) is 12.7. The lowest BCUT2D eigenvalue weighted by Gasteiger charge is -2.08. The van der Waals surface area contributed by atoms with E-state index in [4.69, 9.17) is 14.0 Å². The van der Waals surface area contributed by atoms with Gasteiger partial charge in [0.05, 0.1) is 0 Å². The Bertz CT molecular complexity index is 1070. The van der Waals surface area contributed by atoms with E-state index in [1.54, 1.807) is 31.2 Å². The van der Waals surface area contributed by atoms with Crippen LogP contribution >= 0.6 is 0 Å². The summed E-state index contributed by atoms with van der Waals surface area (Å²) >= 11 is 0. The van der Waals surface area contributed by atoms with Gasteiger partial charge in [-0.05, 0) is 43.3 Å². The van der Waals surface area contributed by atoms with Crippen molar-refractivity contribution < 1.29 is 18.8 Å². The number of rotatable bonds is 5. The second kappa shape index (κ2) is 7.80. The molecule has 0 fully saturated rings. The van der Waals surface area contributed by atoms with Gasteiger partial charge in [0, 0.05) is 5.56 Å². The van der Waals surface area contributed by atoms with Crippen LogP contribution in [0.15, 0.2) is 89.5 Å². The summed E-state index contributed by atoms with van der Waals surface area (Å²) in [5, 5.41) is 4.01. The second-order valence-electron chi connectivity index (χ2n) is 6.10. The Kier molecular flexibility index (Phi) is 4.89. The van der Waals surface area contributed by atoms with Crippen molar-refractivity contribution in [2.45, 2.75) is 6.92 Å². The van der Waals surface area contributed by atoms with Crippen LogP contribution in [0.2, 0.25) is 0 Å². The quantitative estimate of drug-likeness (QED) is 0.334. The van der Waals surface area contributed by atoms with Crippen LogP contribution in [-0.2, 0) is 0 Å². The highest BCUT2D eigenvalue weighted by Gasteiger charge is 2.23. The average molecular weight is 371 g/mol. The molecule has 0 unspecified atom stereocenters. The summed E-state index contributed by atoms with van der Waals surface area (Å²) in [5.41, 5.74) is 1.57. The SMILES string of the molecule is Cc1onc(-c2ccccc2)c1C(=O)Oc1ccc(Oc2ccccc2)cc1. The summed E-state index contributed by atoms with van der Waals surface area (Å²) in [6.45, 7) is 1.69. The van der Waals surface area contributed by atoms with E-state index in [2.05, 4.69) is 5.16 Å². The van der Waals surface area contributed by atoms with Gasteiger partial charge in [0.15, 0.2) is 0 Å². The van der Waals surface area contributed by atoms with Gasteiger partial charge in [0.2, 0.25) is 0 Å². The fraction of sp³-hybridized carbons (Fsp3) is 0.0435. The van der Waals surface area contributed by atoms with E-state index < -0.39 is 5.97 Å². The molecular formula is C23H17NO4. The molecule has 138 valence electrons. The lowest BCUT2D eigenvalue weighted by Crippen LogP contribution is -2.10. The first-order chi connectivity index (χ1) is 13.7. The van der Waals surface area contributed by atoms with Crippen LogP contribution in [0.25, 0.3) is 11.3 Å². The van der Waals surface area contributed by atoms with Gasteiger partial charge in [0.1, 0.15) is 34.3 Å². The summed E-state index contributed by atoms with van der Waals surface area (Å²) in [6, 6.07) is 25.7. The van der Waals surface area contributed by atoms with Crippen LogP contribution in [0.5, 0.6) is 17.2 Å². The molecule has 0 saturated heterocycles. The fourth-order valence-corrected chi connectivity index (χ4v) is 2.76. The zero-order chi connectivity index (χ0) is 19.3. The number of esters is 1. The molecule has 1 heterocycles. The lowest BCUT2D eigenvalue weighted by atomic mass is 10.1. The third-order valence-corrected chi connectivity index (χ3v) is 4.13. The topological polar surface area (TPSA) is 61.6 Å². The first-order valence-electron chi connectivity index (χ1n) is 8.77. The molecular weight excluding hydrogens is 354 g/mol. The Balaban J connectivity index is 1.51. The highest BCUT2D eigenvalue weighted by atomic mass is 16.5. The van der Waals surface area contributed by atoms with Crippen LogP contribution in [-0.4, -0.2) is 11.1 Å². The Morgan fingerprint density at radius 3 is 2.04 bits per heavy atom. The molecule has 0 aliphatic heterocycles. The highest BCUT2D eigenvalue weighted by molar-refractivity contribution is 5.98. The van der Waals surface area contributed by atoms with E-state index in [0.29, 0.717) is 28.5 Å². The number of para-hydroxylation sites is 1. The standard InChI is InChI=1S/C23H17NO4/c1-16-21(22(24-28-16)17-8-4-2-5-9-17)23(25)27-20-14-12-19(13-15-20)26-18-10-6-3-7-11-18/h2-15H,1H3. The van der Waals surface area contributed by atoms with Crippen LogP contribution < -0.4 is 9.47 Å². The number of carbonyl (C=O) groups excluding carboxylic acids is 1. The van der Waals surface area contributed by atoms with Crippen LogP contribution in [0.1, 0.15) is 16.1 Å². The number of aromatic nitrogens is 1. The lowest BCUT2D eigenvalue weighted by molar-refractivity contribution is 0.0733. The van der Waals surface area contributed by atoms with Crippen LogP contribution in [0, 0.1) is 6.92 Å². The average Bonchev–Trinajstić information content (AvgIpc) is 3.12. The summed E-state index contributed by atoms with van der Waals surface area (Å²) in [7, 11) is 0. The minimum absolute atomic E-state index is 0.316. The Hall–Kier alpha value is -3.86. The van der Waals surface area contributed by atoms with Gasteiger partial charge in [-0.2, -0.15) is 0 Å². The van der Waals surface area contributed by atoms with Crippen molar-refractivity contribution in [3.8, 4) is 28.5 Å². The van der Waals surface area contributed by atoms with Gasteiger partial charge < -0.3 is 14.0 Å². The third-order valence-electron chi connectivity index (χ3n) is 4.13. The van der Waals surface area contributed by atoms with Gasteiger partial charge in [-0.15, -0.1) is 0 Å². The van der Waals surface area contributed by atoms with E-state index in [1.165, 1.54) is 0 Å². The molecule has 0 saturated carbocycles. The highest BCUT2D eigenvalue weighted by Crippen LogP contribution is 2.28. The fourth-order valence-electron chi connectivity index (χ4n) is 2.76. The monoisotopic (exact) mass is 371 g/mol. The largest absolute Gasteiger partial charge is 0.457 e. The number of aryl methyl sites for hydroxylation is 1. The second-order valence-corrected chi connectivity index (χ2v) is 6.10. The van der Waals surface area contributed by atoms with Crippen molar-refractivity contribution >= 4 is 5.97 Å². The predicted molar refractivity (Wildman–Crippen MR) is 105 cm³/mol. The summed E-state index contributed by atoms with van der Waals surface area (Å²) in [5.74, 6) is 1.68. The molecule has 4 rings (SSSR count). The summed E-state index contributed by atoms with van der Waals surface area (Å²) in [6.07, 6.45) is 0. The molecule has 0 N–H and O–H groups in total. The van der Waals surface area contributed by atoms with E-state index in [1.807, 2.05) is 60.7 Å². The normalized spacial score (nSPS) is 10.5. The minimum Gasteiger partial charge on any atom is -0.457 e. The Morgan fingerprint density at radius 2 is 1.36 bits per heavy atom. The maximum atomic E-state index is 12.7. The number of hydrogen-bond donors (Lipinski definition) is 0. The molecule has 1 aromatic heterocycles. The van der Waals surface area contributed by atoms with Crippen molar-refractivity contribution in [3.05, 3.63) is 96.3 Å². The van der Waals surface area contributed by atoms with Crippen molar-refractivity contribution in [2.75, 3.05) is 0 Å². The first kappa shape index (κ1) is 17.5. The number of hydrogen-bond acceptors (Lipinski definition) is 5. The number of nitrogens with zero attached hydrogens (tertiary/aromatic N) is 1. The Morgan fingerprint density at radius 1 is 0.786 bits per heavy atom. The number of benzene rings is 3. The van der Waals surface area contributed by atoms with Crippen molar-refractivity contribution in [3.63, 3.8) is 0 Å². The van der Waals surface area contributed by atoms with E-state index >= 15 is 0 Å². The van der Waals surface area contributed by atoms with Crippen molar-refractivity contribution in [1.29, 1.82) is 0 Å². The van der Waals surface area contributed by atoms with Gasteiger partial charge in [-0.1, -0.05) is 53.7 Å². The molecule has 0 spiro atoms. The molecule has 5 nitrogen and oxygen atoms in total. The zero-order valence-electron chi connectivity index (χ0n) is 15.2. The molecule has 0 aliphatic carbocycles. The number of ether oxygens (including phenoxy) is 2. The van der Waals surface area contributed by atoms with Gasteiger partial charge in [-0.25, -0.2) is 4.79 Å². The van der Waals surface area contributed by atoms with E-state index in [-0.39, 0.29) is 0 Å². The predicted octanol–water partition coefficient (Wildman–Crippen LogP) is 5.66. The van der Waals surface area contributed by atoms with Crippen LogP contribution in [0.4, 0.5) is 0 Å². The van der Waals surface area contributed by atoms with Crippen molar-refractivity contribution in [2.24, 2.45) is 0 Å². The van der Waals surface area contributed by atoms with Gasteiger partial charge >= 0.3 is 5.97 Å². The molecule has 3 aromatic carbocycles. The molecule has 0 radical (unpaired) electrons. The molecule has 28 heavy (non-hydrogen) atoms. The maximum Gasteiger partial charge on any atom is 0.349 e. The third kappa shape index (κ3) is 3.78. The van der Waals surface area contributed by atoms with Crippen molar-refractivity contribution in [1.82, 2.24) is 5.16 Å². The van der Waals surface area contributed by atoms with Gasteiger partial charge in [-0.3, -0.25) is 0 Å². The minimum atomic E-state index is -0.519. The molecule has 0 atom stereocenters. The van der Waals surface area contributed by atoms with E-state index in [9.17, 15) is 4.79 Å². The number of carbonyl (C=O) groups is 1. The van der Waals surface area contributed by atoms with E-state index in [0.717, 1.165) is 11.3 Å². The molecule has 0 bridgehead atoms. The molecule has 4 aromatic rings. The summed E-state index contributed by atoms with van der Waals surface area (Å²) < 4.78 is 16.5. The molecule has 0 aliphatic rings. The first-order valence-corrected chi connectivity index (χ1v) is 8.77. The maximum absolute atomic E-state index is 12.7.